The first-order valence-electron chi connectivity index (χ1n) is 11.6. The highest BCUT2D eigenvalue weighted by molar-refractivity contribution is 5.80. The van der Waals surface area contributed by atoms with E-state index >= 15 is 0 Å². The van der Waals surface area contributed by atoms with E-state index in [1.54, 1.807) is 21.9 Å². The topological polar surface area (TPSA) is 108 Å². The van der Waals surface area contributed by atoms with E-state index in [2.05, 4.69) is 22.4 Å². The highest BCUT2D eigenvalue weighted by atomic mass is 16.5. The molecule has 33 heavy (non-hydrogen) atoms. The molecule has 0 bridgehead atoms. The zero-order valence-corrected chi connectivity index (χ0v) is 19.0. The summed E-state index contributed by atoms with van der Waals surface area (Å²) < 4.78 is 5.32. The Morgan fingerprint density at radius 3 is 2.85 bits per heavy atom. The third kappa shape index (κ3) is 5.53. The van der Waals surface area contributed by atoms with Crippen LogP contribution in [0.2, 0.25) is 0 Å². The van der Waals surface area contributed by atoms with Crippen LogP contribution in [0.25, 0.3) is 0 Å². The Labute approximate surface area is 193 Å². The van der Waals surface area contributed by atoms with Gasteiger partial charge < -0.3 is 25.0 Å². The minimum atomic E-state index is -0.973. The zero-order chi connectivity index (χ0) is 23.2. The monoisotopic (exact) mass is 453 g/mol. The molecular formula is C24H31N5O4. The van der Waals surface area contributed by atoms with Crippen LogP contribution in [0, 0.1) is 0 Å². The Balaban J connectivity index is 1.30. The number of carboxylic acid groups (broad SMARTS) is 1. The van der Waals surface area contributed by atoms with Crippen molar-refractivity contribution < 1.29 is 19.4 Å². The lowest BCUT2D eigenvalue weighted by Crippen LogP contribution is -2.36. The van der Waals surface area contributed by atoms with E-state index in [4.69, 9.17) is 9.72 Å². The van der Waals surface area contributed by atoms with Crippen LogP contribution in [0.5, 0.6) is 5.88 Å². The quantitative estimate of drug-likeness (QED) is 0.569. The van der Waals surface area contributed by atoms with Gasteiger partial charge in [0.15, 0.2) is 0 Å². The van der Waals surface area contributed by atoms with Crippen LogP contribution in [-0.2, 0) is 17.6 Å². The molecule has 1 atom stereocenters. The molecule has 0 unspecified atom stereocenters. The SMILES string of the molecule is CCOc1ccc([C@H](CN2CCN(CCCc3ccc4c(n3)NCCC4)C2=O)C(=O)O)cn1. The van der Waals surface area contributed by atoms with Crippen LogP contribution in [0.3, 0.4) is 0 Å². The van der Waals surface area contributed by atoms with Crippen molar-refractivity contribution in [2.24, 2.45) is 0 Å². The van der Waals surface area contributed by atoms with Crippen LogP contribution < -0.4 is 10.1 Å². The number of fused-ring (bicyclic) bond motifs is 1. The number of ether oxygens (including phenoxy) is 1. The van der Waals surface area contributed by atoms with E-state index in [1.807, 2.05) is 6.92 Å². The summed E-state index contributed by atoms with van der Waals surface area (Å²) in [6.07, 6.45) is 5.34. The first kappa shape index (κ1) is 22.8. The van der Waals surface area contributed by atoms with Crippen molar-refractivity contribution in [1.29, 1.82) is 0 Å². The molecule has 0 aliphatic carbocycles. The largest absolute Gasteiger partial charge is 0.481 e. The summed E-state index contributed by atoms with van der Waals surface area (Å²) in [6.45, 7) is 5.20. The standard InChI is InChI=1S/C24H31N5O4/c1-2-33-21-10-8-18(15-26-21)20(23(30)31)16-29-14-13-28(24(29)32)12-4-6-19-9-7-17-5-3-11-25-22(17)27-19/h7-10,15,20H,2-6,11-14,16H2,1H3,(H,25,27)(H,30,31)/t20-/m0/s1. The number of aromatic nitrogens is 2. The molecule has 0 saturated carbocycles. The molecule has 2 aromatic rings. The number of nitrogens with zero attached hydrogens (tertiary/aromatic N) is 4. The van der Waals surface area contributed by atoms with Crippen LogP contribution in [0.1, 0.15) is 42.5 Å². The van der Waals surface area contributed by atoms with Gasteiger partial charge >= 0.3 is 12.0 Å². The van der Waals surface area contributed by atoms with Crippen LogP contribution in [-0.4, -0.2) is 76.2 Å². The number of hydrogen-bond donors (Lipinski definition) is 2. The summed E-state index contributed by atoms with van der Waals surface area (Å²) >= 11 is 0. The van der Waals surface area contributed by atoms with E-state index in [0.29, 0.717) is 37.7 Å². The maximum absolute atomic E-state index is 12.9. The lowest BCUT2D eigenvalue weighted by atomic mass is 10.0. The van der Waals surface area contributed by atoms with E-state index in [1.165, 1.54) is 11.8 Å². The number of anilines is 1. The van der Waals surface area contributed by atoms with Gasteiger partial charge in [-0.3, -0.25) is 4.79 Å². The lowest BCUT2D eigenvalue weighted by molar-refractivity contribution is -0.139. The van der Waals surface area contributed by atoms with Crippen molar-refractivity contribution in [1.82, 2.24) is 19.8 Å². The predicted molar refractivity (Wildman–Crippen MR) is 124 cm³/mol. The number of carboxylic acids is 1. The van der Waals surface area contributed by atoms with Gasteiger partial charge in [-0.05, 0) is 49.8 Å². The second kappa shape index (κ2) is 10.5. The summed E-state index contributed by atoms with van der Waals surface area (Å²) in [5.74, 6) is -0.354. The van der Waals surface area contributed by atoms with E-state index in [9.17, 15) is 14.7 Å². The Bertz CT molecular complexity index is 981. The molecule has 4 rings (SSSR count). The van der Waals surface area contributed by atoms with Crippen molar-refractivity contribution in [3.05, 3.63) is 47.3 Å². The van der Waals surface area contributed by atoms with E-state index < -0.39 is 11.9 Å². The number of urea groups is 1. The third-order valence-corrected chi connectivity index (χ3v) is 6.15. The van der Waals surface area contributed by atoms with Gasteiger partial charge in [-0.15, -0.1) is 0 Å². The smallest absolute Gasteiger partial charge is 0.320 e. The molecule has 2 aliphatic heterocycles. The van der Waals surface area contributed by atoms with E-state index in [0.717, 1.165) is 43.7 Å². The molecular weight excluding hydrogens is 422 g/mol. The first-order valence-corrected chi connectivity index (χ1v) is 11.6. The average Bonchev–Trinajstić information content (AvgIpc) is 3.17. The van der Waals surface area contributed by atoms with Crippen molar-refractivity contribution in [2.75, 3.05) is 44.6 Å². The Hall–Kier alpha value is -3.36. The second-order valence-corrected chi connectivity index (χ2v) is 8.41. The first-order chi connectivity index (χ1) is 16.0. The Kier molecular flexibility index (Phi) is 7.26. The van der Waals surface area contributed by atoms with Crippen molar-refractivity contribution >= 4 is 17.8 Å². The predicted octanol–water partition coefficient (Wildman–Crippen LogP) is 2.77. The molecule has 9 heteroatoms. The molecule has 2 aliphatic rings. The summed E-state index contributed by atoms with van der Waals surface area (Å²) in [4.78, 5) is 37.1. The molecule has 2 N–H and O–H groups in total. The fourth-order valence-electron chi connectivity index (χ4n) is 4.35. The number of hydrogen-bond acceptors (Lipinski definition) is 6. The van der Waals surface area contributed by atoms with Crippen LogP contribution in [0.4, 0.5) is 10.6 Å². The maximum atomic E-state index is 12.9. The van der Waals surface area contributed by atoms with Gasteiger partial charge in [0.2, 0.25) is 5.88 Å². The highest BCUT2D eigenvalue weighted by Crippen LogP contribution is 2.23. The number of aliphatic carboxylic acids is 1. The number of pyridine rings is 2. The fraction of sp³-hybridized carbons (Fsp3) is 0.500. The average molecular weight is 454 g/mol. The number of carbonyl (C=O) groups excluding carboxylic acids is 1. The third-order valence-electron chi connectivity index (χ3n) is 6.15. The van der Waals surface area contributed by atoms with Crippen LogP contribution >= 0.6 is 0 Å². The molecule has 0 aromatic carbocycles. The summed E-state index contributed by atoms with van der Waals surface area (Å²) in [5.41, 5.74) is 2.86. The van der Waals surface area contributed by atoms with Gasteiger partial charge in [-0.2, -0.15) is 0 Å². The van der Waals surface area contributed by atoms with E-state index in [-0.39, 0.29) is 12.6 Å². The Morgan fingerprint density at radius 1 is 1.24 bits per heavy atom. The number of amides is 2. The number of carbonyl (C=O) groups is 2. The van der Waals surface area contributed by atoms with Crippen LogP contribution in [0.15, 0.2) is 30.5 Å². The van der Waals surface area contributed by atoms with Gasteiger partial charge in [-0.25, -0.2) is 14.8 Å². The number of nitrogens with one attached hydrogen (secondary N) is 1. The minimum absolute atomic E-state index is 0.111. The normalized spacial score (nSPS) is 16.3. The van der Waals surface area contributed by atoms with Gasteiger partial charge in [0.05, 0.1) is 6.61 Å². The van der Waals surface area contributed by atoms with Gasteiger partial charge in [-0.1, -0.05) is 12.1 Å². The molecule has 0 radical (unpaired) electrons. The van der Waals surface area contributed by atoms with Gasteiger partial charge in [0.25, 0.3) is 0 Å². The van der Waals surface area contributed by atoms with Gasteiger partial charge in [0, 0.05) is 50.7 Å². The van der Waals surface area contributed by atoms with Crippen molar-refractivity contribution in [3.8, 4) is 5.88 Å². The number of rotatable bonds is 10. The summed E-state index contributed by atoms with van der Waals surface area (Å²) in [5, 5.41) is 13.1. The molecule has 4 heterocycles. The van der Waals surface area contributed by atoms with Crippen molar-refractivity contribution in [3.63, 3.8) is 0 Å². The zero-order valence-electron chi connectivity index (χ0n) is 19.0. The molecule has 1 saturated heterocycles. The summed E-state index contributed by atoms with van der Waals surface area (Å²) in [6, 6.07) is 7.48. The maximum Gasteiger partial charge on any atom is 0.320 e. The molecule has 2 aromatic heterocycles. The van der Waals surface area contributed by atoms with Gasteiger partial charge in [0.1, 0.15) is 11.7 Å². The molecule has 176 valence electrons. The second-order valence-electron chi connectivity index (χ2n) is 8.41. The lowest BCUT2D eigenvalue weighted by Gasteiger charge is -2.22. The number of aryl methyl sites for hydroxylation is 2. The molecule has 2 amide bonds. The fourth-order valence-corrected chi connectivity index (χ4v) is 4.35. The van der Waals surface area contributed by atoms with Crippen molar-refractivity contribution in [2.45, 2.75) is 38.5 Å². The minimum Gasteiger partial charge on any atom is -0.481 e. The Morgan fingerprint density at radius 2 is 2.09 bits per heavy atom. The summed E-state index contributed by atoms with van der Waals surface area (Å²) in [7, 11) is 0. The molecule has 1 fully saturated rings. The molecule has 9 nitrogen and oxygen atoms in total. The molecule has 0 spiro atoms. The highest BCUT2D eigenvalue weighted by Gasteiger charge is 2.32.